The maximum atomic E-state index is 13.8. The first-order valence-corrected chi connectivity index (χ1v) is 9.10. The van der Waals surface area contributed by atoms with Gasteiger partial charge in [0.15, 0.2) is 0 Å². The van der Waals surface area contributed by atoms with Crippen molar-refractivity contribution >= 4 is 23.1 Å². The largest absolute Gasteiger partial charge is 0.406 e. The third-order valence-electron chi connectivity index (χ3n) is 5.08. The predicted molar refractivity (Wildman–Crippen MR) is 100.0 cm³/mol. The Morgan fingerprint density at radius 2 is 1.79 bits per heavy atom. The molecule has 3 unspecified atom stereocenters. The molecule has 2 heterocycles. The van der Waals surface area contributed by atoms with Gasteiger partial charge in [0.05, 0.1) is 11.5 Å². The van der Waals surface area contributed by atoms with Crippen LogP contribution in [0.3, 0.4) is 0 Å². The standard InChI is InChI=1S/C20H17ClF3N3O/c1-11-15(13-8-5-9-14(21)10-13)19(28)27-18(25-11)16(12-6-3-2-4-7-12)17(26-27)20(22,23)24/h2-10,16-18,25-26H,1H3. The molecule has 0 saturated carbocycles. The van der Waals surface area contributed by atoms with Crippen molar-refractivity contribution in [2.45, 2.75) is 31.2 Å². The number of halogens is 4. The minimum atomic E-state index is -4.52. The van der Waals surface area contributed by atoms with E-state index in [9.17, 15) is 18.0 Å². The van der Waals surface area contributed by atoms with Gasteiger partial charge in [-0.1, -0.05) is 54.1 Å². The number of carbonyl (C=O) groups is 1. The van der Waals surface area contributed by atoms with Crippen LogP contribution < -0.4 is 10.7 Å². The zero-order chi connectivity index (χ0) is 20.1. The Bertz CT molecular complexity index is 945. The lowest BCUT2D eigenvalue weighted by Gasteiger charge is -2.35. The van der Waals surface area contributed by atoms with Crippen LogP contribution in [0.4, 0.5) is 13.2 Å². The zero-order valence-electron chi connectivity index (χ0n) is 14.8. The molecule has 2 aromatic carbocycles. The fourth-order valence-electron chi connectivity index (χ4n) is 3.88. The number of rotatable bonds is 2. The van der Waals surface area contributed by atoms with Crippen molar-refractivity contribution in [3.05, 3.63) is 76.4 Å². The maximum absolute atomic E-state index is 13.8. The summed E-state index contributed by atoms with van der Waals surface area (Å²) in [5.41, 5.74) is 4.26. The minimum Gasteiger partial charge on any atom is -0.366 e. The highest BCUT2D eigenvalue weighted by atomic mass is 35.5. The molecular weight excluding hydrogens is 391 g/mol. The Balaban J connectivity index is 1.78. The van der Waals surface area contributed by atoms with E-state index in [0.717, 1.165) is 5.01 Å². The van der Waals surface area contributed by atoms with E-state index in [1.165, 1.54) is 0 Å². The van der Waals surface area contributed by atoms with E-state index in [0.29, 0.717) is 27.4 Å². The van der Waals surface area contributed by atoms with Crippen molar-refractivity contribution in [1.82, 2.24) is 15.8 Å². The third-order valence-corrected chi connectivity index (χ3v) is 5.31. The molecule has 0 bridgehead atoms. The molecular formula is C20H17ClF3N3O. The van der Waals surface area contributed by atoms with Crippen molar-refractivity contribution in [3.8, 4) is 0 Å². The molecule has 0 radical (unpaired) electrons. The van der Waals surface area contributed by atoms with Crippen LogP contribution in [0.15, 0.2) is 60.3 Å². The third kappa shape index (κ3) is 3.14. The lowest BCUT2D eigenvalue weighted by Crippen LogP contribution is -2.54. The van der Waals surface area contributed by atoms with Crippen molar-refractivity contribution in [1.29, 1.82) is 0 Å². The van der Waals surface area contributed by atoms with E-state index in [4.69, 9.17) is 11.6 Å². The van der Waals surface area contributed by atoms with Crippen molar-refractivity contribution < 1.29 is 18.0 Å². The quantitative estimate of drug-likeness (QED) is 0.789. The molecule has 1 amide bonds. The van der Waals surface area contributed by atoms with Gasteiger partial charge in [0, 0.05) is 10.7 Å². The van der Waals surface area contributed by atoms with Gasteiger partial charge >= 0.3 is 6.18 Å². The van der Waals surface area contributed by atoms with Crippen LogP contribution in [0.2, 0.25) is 5.02 Å². The van der Waals surface area contributed by atoms with Crippen LogP contribution in [0.25, 0.3) is 5.57 Å². The molecule has 0 aliphatic carbocycles. The number of hydrogen-bond donors (Lipinski definition) is 2. The highest BCUT2D eigenvalue weighted by Gasteiger charge is 2.57. The smallest absolute Gasteiger partial charge is 0.366 e. The second-order valence-electron chi connectivity index (χ2n) is 6.86. The molecule has 4 nitrogen and oxygen atoms in total. The van der Waals surface area contributed by atoms with E-state index in [2.05, 4.69) is 10.7 Å². The molecule has 0 spiro atoms. The van der Waals surface area contributed by atoms with Crippen molar-refractivity contribution in [3.63, 3.8) is 0 Å². The van der Waals surface area contributed by atoms with Crippen LogP contribution in [-0.4, -0.2) is 29.3 Å². The van der Waals surface area contributed by atoms with Crippen LogP contribution in [-0.2, 0) is 4.79 Å². The molecule has 2 aliphatic rings. The van der Waals surface area contributed by atoms with Crippen LogP contribution in [0.5, 0.6) is 0 Å². The number of fused-ring (bicyclic) bond motifs is 1. The van der Waals surface area contributed by atoms with Crippen LogP contribution >= 0.6 is 11.6 Å². The number of alkyl halides is 3. The minimum absolute atomic E-state index is 0.292. The van der Waals surface area contributed by atoms with Gasteiger partial charge in [0.25, 0.3) is 5.91 Å². The fourth-order valence-corrected chi connectivity index (χ4v) is 4.07. The Hall–Kier alpha value is -2.51. The van der Waals surface area contributed by atoms with Gasteiger partial charge in [-0.15, -0.1) is 0 Å². The number of hydrazine groups is 1. The SMILES string of the molecule is CC1=C(c2cccc(Cl)c2)C(=O)N2NC(C(F)(F)F)C(c3ccccc3)C2N1. The predicted octanol–water partition coefficient (Wildman–Crippen LogP) is 4.06. The lowest BCUT2D eigenvalue weighted by atomic mass is 9.88. The second kappa shape index (κ2) is 6.83. The Kier molecular flexibility index (Phi) is 4.59. The summed E-state index contributed by atoms with van der Waals surface area (Å²) in [5, 5.41) is 4.60. The average molecular weight is 408 g/mol. The topological polar surface area (TPSA) is 44.4 Å². The van der Waals surface area contributed by atoms with Gasteiger partial charge in [0.1, 0.15) is 12.2 Å². The summed E-state index contributed by atoms with van der Waals surface area (Å²) in [7, 11) is 0. The normalized spacial score (nSPS) is 25.0. The average Bonchev–Trinajstić information content (AvgIpc) is 3.02. The van der Waals surface area contributed by atoms with Gasteiger partial charge in [-0.05, 0) is 30.2 Å². The number of benzene rings is 2. The molecule has 3 atom stereocenters. The van der Waals surface area contributed by atoms with E-state index in [1.807, 2.05) is 0 Å². The van der Waals surface area contributed by atoms with Crippen molar-refractivity contribution in [2.24, 2.45) is 0 Å². The molecule has 1 saturated heterocycles. The number of amides is 1. The summed E-state index contributed by atoms with van der Waals surface area (Å²) >= 11 is 6.02. The summed E-state index contributed by atoms with van der Waals surface area (Å²) in [6, 6.07) is 13.2. The summed E-state index contributed by atoms with van der Waals surface area (Å²) in [4.78, 5) is 13.1. The highest BCUT2D eigenvalue weighted by molar-refractivity contribution is 6.31. The second-order valence-corrected chi connectivity index (χ2v) is 7.30. The summed E-state index contributed by atoms with van der Waals surface area (Å²) in [6.07, 6.45) is -5.38. The monoisotopic (exact) mass is 407 g/mol. The molecule has 2 aromatic rings. The lowest BCUT2D eigenvalue weighted by molar-refractivity contribution is -0.161. The zero-order valence-corrected chi connectivity index (χ0v) is 15.6. The van der Waals surface area contributed by atoms with E-state index in [-0.39, 0.29) is 0 Å². The highest BCUT2D eigenvalue weighted by Crippen LogP contribution is 2.42. The fraction of sp³-hybridized carbons (Fsp3) is 0.250. The molecule has 8 heteroatoms. The van der Waals surface area contributed by atoms with Crippen LogP contribution in [0, 0.1) is 0 Å². The number of allylic oxidation sites excluding steroid dienone is 1. The first-order valence-electron chi connectivity index (χ1n) is 8.72. The maximum Gasteiger partial charge on any atom is 0.406 e. The summed E-state index contributed by atoms with van der Waals surface area (Å²) < 4.78 is 41.3. The molecule has 2 aliphatic heterocycles. The Morgan fingerprint density at radius 1 is 1.07 bits per heavy atom. The van der Waals surface area contributed by atoms with E-state index >= 15 is 0 Å². The Morgan fingerprint density at radius 3 is 2.43 bits per heavy atom. The van der Waals surface area contributed by atoms with Crippen molar-refractivity contribution in [2.75, 3.05) is 0 Å². The number of nitrogens with one attached hydrogen (secondary N) is 2. The molecule has 28 heavy (non-hydrogen) atoms. The molecule has 4 rings (SSSR count). The number of hydrogen-bond acceptors (Lipinski definition) is 3. The Labute approximate surface area is 164 Å². The van der Waals surface area contributed by atoms with Gasteiger partial charge in [-0.2, -0.15) is 13.2 Å². The first kappa shape index (κ1) is 18.8. The van der Waals surface area contributed by atoms with Gasteiger partial charge in [-0.3, -0.25) is 4.79 Å². The van der Waals surface area contributed by atoms with E-state index in [1.54, 1.807) is 61.5 Å². The molecule has 0 aromatic heterocycles. The van der Waals surface area contributed by atoms with Crippen LogP contribution in [0.1, 0.15) is 24.0 Å². The van der Waals surface area contributed by atoms with Gasteiger partial charge in [-0.25, -0.2) is 10.4 Å². The number of carbonyl (C=O) groups excluding carboxylic acids is 1. The summed E-state index contributed by atoms with van der Waals surface area (Å²) in [5.74, 6) is -1.50. The first-order chi connectivity index (χ1) is 13.3. The van der Waals surface area contributed by atoms with Gasteiger partial charge < -0.3 is 5.32 Å². The molecule has 1 fully saturated rings. The van der Waals surface area contributed by atoms with Gasteiger partial charge in [0.2, 0.25) is 0 Å². The number of nitrogens with zero attached hydrogens (tertiary/aromatic N) is 1. The molecule has 146 valence electrons. The van der Waals surface area contributed by atoms with E-state index < -0.39 is 30.2 Å². The summed E-state index contributed by atoms with van der Waals surface area (Å²) in [6.45, 7) is 1.69. The molecule has 2 N–H and O–H groups in total.